The molecule has 1 N–H and O–H groups in total. The first-order valence-electron chi connectivity index (χ1n) is 4.10. The minimum Gasteiger partial charge on any atom is -0.478 e. The number of carboxylic acid groups (broad SMARTS) is 1. The minimum absolute atomic E-state index is 0.102. The van der Waals surface area contributed by atoms with Crippen LogP contribution in [0.5, 0.6) is 0 Å². The van der Waals surface area contributed by atoms with Crippen molar-refractivity contribution in [1.29, 1.82) is 0 Å². The van der Waals surface area contributed by atoms with Crippen LogP contribution in [0.3, 0.4) is 0 Å². The van der Waals surface area contributed by atoms with Crippen molar-refractivity contribution in [2.24, 2.45) is 0 Å². The Labute approximate surface area is 81.3 Å². The molecule has 76 valence electrons. The first-order valence-corrected chi connectivity index (χ1v) is 4.10. The quantitative estimate of drug-likeness (QED) is 0.674. The molecule has 14 heavy (non-hydrogen) atoms. The van der Waals surface area contributed by atoms with E-state index in [4.69, 9.17) is 9.84 Å². The van der Waals surface area contributed by atoms with Crippen molar-refractivity contribution >= 4 is 12.1 Å². The van der Waals surface area contributed by atoms with Crippen molar-refractivity contribution < 1.29 is 19.4 Å². The van der Waals surface area contributed by atoms with E-state index in [1.165, 1.54) is 17.1 Å². The van der Waals surface area contributed by atoms with Crippen molar-refractivity contribution in [1.82, 2.24) is 4.90 Å². The van der Waals surface area contributed by atoms with Gasteiger partial charge in [0.25, 0.3) is 0 Å². The highest BCUT2D eigenvalue weighted by atomic mass is 16.6. The Hall–Kier alpha value is -1.78. The molecule has 5 heteroatoms. The van der Waals surface area contributed by atoms with Gasteiger partial charge in [0, 0.05) is 6.54 Å². The summed E-state index contributed by atoms with van der Waals surface area (Å²) < 4.78 is 4.75. The van der Waals surface area contributed by atoms with Crippen LogP contribution in [-0.2, 0) is 9.53 Å². The van der Waals surface area contributed by atoms with E-state index in [9.17, 15) is 9.59 Å². The minimum atomic E-state index is -0.996. The average molecular weight is 197 g/mol. The largest absolute Gasteiger partial charge is 0.478 e. The average Bonchev–Trinajstić information content (AvgIpc) is 2.62. The highest BCUT2D eigenvalue weighted by Crippen LogP contribution is 2.10. The van der Waals surface area contributed by atoms with Gasteiger partial charge in [-0.05, 0) is 0 Å². The fourth-order valence-electron chi connectivity index (χ4n) is 1.07. The SMILES string of the molecule is C=CCOC(=O)N1CC=C(C(=O)O)C1. The molecule has 1 rings (SSSR count). The van der Waals surface area contributed by atoms with E-state index in [0.717, 1.165) is 0 Å². The van der Waals surface area contributed by atoms with Crippen LogP contribution in [-0.4, -0.2) is 41.8 Å². The molecular weight excluding hydrogens is 186 g/mol. The summed E-state index contributed by atoms with van der Waals surface area (Å²) in [6.07, 6.45) is 2.44. The second-order valence-electron chi connectivity index (χ2n) is 2.78. The highest BCUT2D eigenvalue weighted by Gasteiger charge is 2.23. The Morgan fingerprint density at radius 3 is 2.93 bits per heavy atom. The molecule has 1 heterocycles. The molecule has 0 aliphatic carbocycles. The second-order valence-corrected chi connectivity index (χ2v) is 2.78. The number of carbonyl (C=O) groups is 2. The number of carbonyl (C=O) groups excluding carboxylic acids is 1. The van der Waals surface area contributed by atoms with E-state index in [2.05, 4.69) is 6.58 Å². The van der Waals surface area contributed by atoms with Crippen LogP contribution < -0.4 is 0 Å². The molecule has 1 amide bonds. The van der Waals surface area contributed by atoms with Gasteiger partial charge in [-0.1, -0.05) is 18.7 Å². The summed E-state index contributed by atoms with van der Waals surface area (Å²) in [5.74, 6) is -0.996. The summed E-state index contributed by atoms with van der Waals surface area (Å²) in [6, 6.07) is 0. The highest BCUT2D eigenvalue weighted by molar-refractivity contribution is 5.89. The summed E-state index contributed by atoms with van der Waals surface area (Å²) in [5, 5.41) is 8.63. The van der Waals surface area contributed by atoms with Crippen molar-refractivity contribution in [2.75, 3.05) is 19.7 Å². The predicted molar refractivity (Wildman–Crippen MR) is 48.8 cm³/mol. The number of amides is 1. The Morgan fingerprint density at radius 2 is 2.43 bits per heavy atom. The first kappa shape index (κ1) is 10.3. The number of hydrogen-bond acceptors (Lipinski definition) is 3. The molecule has 0 spiro atoms. The summed E-state index contributed by atoms with van der Waals surface area (Å²) in [6.45, 7) is 3.93. The molecule has 5 nitrogen and oxygen atoms in total. The van der Waals surface area contributed by atoms with E-state index in [-0.39, 0.29) is 25.3 Å². The molecule has 0 aromatic carbocycles. The zero-order valence-electron chi connectivity index (χ0n) is 7.60. The number of carboxylic acids is 1. The number of nitrogens with zero attached hydrogens (tertiary/aromatic N) is 1. The molecular formula is C9H11NO4. The van der Waals surface area contributed by atoms with Crippen LogP contribution in [0, 0.1) is 0 Å². The van der Waals surface area contributed by atoms with E-state index in [1.807, 2.05) is 0 Å². The Balaban J connectivity index is 2.41. The maximum Gasteiger partial charge on any atom is 0.410 e. The lowest BCUT2D eigenvalue weighted by atomic mass is 10.3. The summed E-state index contributed by atoms with van der Waals surface area (Å²) in [7, 11) is 0. The number of hydrogen-bond donors (Lipinski definition) is 1. The Bertz CT molecular complexity index is 295. The smallest absolute Gasteiger partial charge is 0.410 e. The lowest BCUT2D eigenvalue weighted by Gasteiger charge is -2.14. The van der Waals surface area contributed by atoms with Gasteiger partial charge in [0.1, 0.15) is 6.61 Å². The molecule has 1 aliphatic heterocycles. The fraction of sp³-hybridized carbons (Fsp3) is 0.333. The third-order valence-electron chi connectivity index (χ3n) is 1.78. The van der Waals surface area contributed by atoms with Gasteiger partial charge in [-0.3, -0.25) is 4.90 Å². The van der Waals surface area contributed by atoms with Gasteiger partial charge >= 0.3 is 12.1 Å². The molecule has 0 saturated carbocycles. The molecule has 0 aromatic rings. The Kier molecular flexibility index (Phi) is 3.28. The predicted octanol–water partition coefficient (Wildman–Crippen LogP) is 0.636. The molecule has 0 saturated heterocycles. The van der Waals surface area contributed by atoms with Crippen LogP contribution in [0.25, 0.3) is 0 Å². The van der Waals surface area contributed by atoms with Crippen molar-refractivity contribution in [3.05, 3.63) is 24.3 Å². The van der Waals surface area contributed by atoms with Gasteiger partial charge in [-0.2, -0.15) is 0 Å². The van der Waals surface area contributed by atoms with Gasteiger partial charge < -0.3 is 9.84 Å². The maximum absolute atomic E-state index is 11.2. The normalized spacial score (nSPS) is 14.9. The summed E-state index contributed by atoms with van der Waals surface area (Å²) in [5.41, 5.74) is 0.223. The van der Waals surface area contributed by atoms with Gasteiger partial charge in [-0.15, -0.1) is 0 Å². The number of rotatable bonds is 3. The zero-order valence-corrected chi connectivity index (χ0v) is 7.60. The summed E-state index contributed by atoms with van der Waals surface area (Å²) >= 11 is 0. The van der Waals surface area contributed by atoms with Gasteiger partial charge in [0.15, 0.2) is 0 Å². The fourth-order valence-corrected chi connectivity index (χ4v) is 1.07. The molecule has 0 atom stereocenters. The summed E-state index contributed by atoms with van der Waals surface area (Å²) in [4.78, 5) is 23.0. The van der Waals surface area contributed by atoms with Gasteiger partial charge in [0.2, 0.25) is 0 Å². The van der Waals surface area contributed by atoms with Crippen molar-refractivity contribution in [3.8, 4) is 0 Å². The zero-order chi connectivity index (χ0) is 10.6. The topological polar surface area (TPSA) is 66.8 Å². The monoisotopic (exact) mass is 197 g/mol. The van der Waals surface area contributed by atoms with E-state index in [1.54, 1.807) is 0 Å². The number of ether oxygens (including phenoxy) is 1. The second kappa shape index (κ2) is 4.45. The molecule has 0 fully saturated rings. The number of aliphatic carboxylic acids is 1. The lowest BCUT2D eigenvalue weighted by Crippen LogP contribution is -2.30. The molecule has 1 aliphatic rings. The van der Waals surface area contributed by atoms with Gasteiger partial charge in [0.05, 0.1) is 12.1 Å². The standard InChI is InChI=1S/C9H11NO4/c1-2-5-14-9(13)10-4-3-7(6-10)8(11)12/h2-3H,1,4-6H2,(H,11,12). The molecule has 0 aromatic heterocycles. The van der Waals surface area contributed by atoms with Crippen molar-refractivity contribution in [2.45, 2.75) is 0 Å². The van der Waals surface area contributed by atoms with Crippen LogP contribution in [0.1, 0.15) is 0 Å². The first-order chi connectivity index (χ1) is 6.65. The van der Waals surface area contributed by atoms with E-state index >= 15 is 0 Å². The van der Waals surface area contributed by atoms with E-state index in [0.29, 0.717) is 0 Å². The third kappa shape index (κ3) is 2.35. The Morgan fingerprint density at radius 1 is 1.71 bits per heavy atom. The van der Waals surface area contributed by atoms with Gasteiger partial charge in [-0.25, -0.2) is 9.59 Å². The lowest BCUT2D eigenvalue weighted by molar-refractivity contribution is -0.132. The van der Waals surface area contributed by atoms with Crippen LogP contribution in [0.15, 0.2) is 24.3 Å². The maximum atomic E-state index is 11.2. The van der Waals surface area contributed by atoms with E-state index < -0.39 is 12.1 Å². The molecule has 0 radical (unpaired) electrons. The third-order valence-corrected chi connectivity index (χ3v) is 1.78. The molecule has 0 bridgehead atoms. The van der Waals surface area contributed by atoms with Crippen LogP contribution in [0.2, 0.25) is 0 Å². The van der Waals surface area contributed by atoms with Crippen LogP contribution in [0.4, 0.5) is 4.79 Å². The van der Waals surface area contributed by atoms with Crippen LogP contribution >= 0.6 is 0 Å². The van der Waals surface area contributed by atoms with Crippen molar-refractivity contribution in [3.63, 3.8) is 0 Å². The molecule has 0 unspecified atom stereocenters.